The number of aryl methyl sites for hydroxylation is 1. The minimum Gasteiger partial charge on any atom is -0.389 e. The number of nitrogens with zero attached hydrogens (tertiary/aromatic N) is 1. The maximum Gasteiger partial charge on any atom is 0.238 e. The van der Waals surface area contributed by atoms with Crippen LogP contribution in [0.25, 0.3) is 0 Å². The number of aliphatic hydroxyl groups is 1. The van der Waals surface area contributed by atoms with Gasteiger partial charge in [0.05, 0.1) is 17.6 Å². The van der Waals surface area contributed by atoms with Gasteiger partial charge in [-0.05, 0) is 42.7 Å². The Kier molecular flexibility index (Phi) is 2.73. The molecule has 2 bridgehead atoms. The van der Waals surface area contributed by atoms with Gasteiger partial charge in [-0.15, -0.1) is 0 Å². The molecule has 2 aromatic carbocycles. The van der Waals surface area contributed by atoms with Crippen LogP contribution in [-0.4, -0.2) is 16.6 Å². The number of carbonyl (C=O) groups excluding carboxylic acids is 1. The number of anilines is 1. The highest BCUT2D eigenvalue weighted by Gasteiger charge is 2.55. The molecule has 1 fully saturated rings. The lowest BCUT2D eigenvalue weighted by Gasteiger charge is -2.53. The maximum absolute atomic E-state index is 13.0. The molecule has 0 saturated carbocycles. The van der Waals surface area contributed by atoms with Crippen molar-refractivity contribution in [3.05, 3.63) is 65.2 Å². The van der Waals surface area contributed by atoms with Gasteiger partial charge in [0, 0.05) is 12.1 Å². The van der Waals surface area contributed by atoms with Crippen LogP contribution in [0.3, 0.4) is 0 Å². The summed E-state index contributed by atoms with van der Waals surface area (Å²) in [5, 5.41) is 10.8. The van der Waals surface area contributed by atoms with Crippen molar-refractivity contribution in [2.45, 2.75) is 37.8 Å². The molecular weight excluding hydrogens is 274 g/mol. The van der Waals surface area contributed by atoms with Gasteiger partial charge in [-0.1, -0.05) is 36.4 Å². The van der Waals surface area contributed by atoms with Gasteiger partial charge in [0.25, 0.3) is 0 Å². The number of piperidine rings is 1. The molecule has 112 valence electrons. The van der Waals surface area contributed by atoms with Crippen LogP contribution >= 0.6 is 0 Å². The number of hydrogen-bond donors (Lipinski definition) is 1. The fourth-order valence-electron chi connectivity index (χ4n) is 4.16. The van der Waals surface area contributed by atoms with Crippen LogP contribution in [0.1, 0.15) is 42.0 Å². The highest BCUT2D eigenvalue weighted by Crippen LogP contribution is 2.54. The molecule has 0 spiro atoms. The Labute approximate surface area is 130 Å². The maximum atomic E-state index is 13.0. The summed E-state index contributed by atoms with van der Waals surface area (Å²) >= 11 is 0. The van der Waals surface area contributed by atoms with E-state index in [2.05, 4.69) is 13.0 Å². The lowest BCUT2D eigenvalue weighted by atomic mass is 9.65. The number of benzene rings is 2. The highest BCUT2D eigenvalue weighted by atomic mass is 16.3. The third kappa shape index (κ3) is 1.69. The van der Waals surface area contributed by atoms with Crippen LogP contribution in [0, 0.1) is 6.92 Å². The zero-order valence-electron chi connectivity index (χ0n) is 12.8. The Bertz CT molecular complexity index is 751. The molecule has 1 N–H and O–H groups in total. The number of hydrogen-bond acceptors (Lipinski definition) is 2. The summed E-state index contributed by atoms with van der Waals surface area (Å²) < 4.78 is 0. The van der Waals surface area contributed by atoms with Crippen LogP contribution in [0.2, 0.25) is 0 Å². The van der Waals surface area contributed by atoms with Crippen molar-refractivity contribution in [1.29, 1.82) is 0 Å². The van der Waals surface area contributed by atoms with Crippen LogP contribution < -0.4 is 4.90 Å². The lowest BCUT2D eigenvalue weighted by Crippen LogP contribution is -2.58. The average Bonchev–Trinajstić information content (AvgIpc) is 2.47. The van der Waals surface area contributed by atoms with Crippen LogP contribution in [0.4, 0.5) is 5.69 Å². The first-order valence-corrected chi connectivity index (χ1v) is 7.70. The molecule has 22 heavy (non-hydrogen) atoms. The van der Waals surface area contributed by atoms with Crippen LogP contribution in [0.5, 0.6) is 0 Å². The first-order chi connectivity index (χ1) is 10.5. The quantitative estimate of drug-likeness (QED) is 0.876. The zero-order valence-corrected chi connectivity index (χ0v) is 12.8. The molecule has 0 unspecified atom stereocenters. The van der Waals surface area contributed by atoms with E-state index in [-0.39, 0.29) is 11.9 Å². The van der Waals surface area contributed by atoms with Crippen molar-refractivity contribution < 1.29 is 9.90 Å². The summed E-state index contributed by atoms with van der Waals surface area (Å²) in [4.78, 5) is 14.9. The molecule has 5 rings (SSSR count). The third-order valence-electron chi connectivity index (χ3n) is 5.06. The molecule has 2 aliphatic heterocycles. The predicted octanol–water partition coefficient (Wildman–Crippen LogP) is 3.32. The van der Waals surface area contributed by atoms with E-state index in [1.165, 1.54) is 11.1 Å². The average molecular weight is 293 g/mol. The fraction of sp³-hybridized carbons (Fsp3) is 0.316. The van der Waals surface area contributed by atoms with Gasteiger partial charge in [-0.25, -0.2) is 0 Å². The summed E-state index contributed by atoms with van der Waals surface area (Å²) in [6.45, 7) is 3.87. The van der Waals surface area contributed by atoms with Gasteiger partial charge in [0.1, 0.15) is 0 Å². The Balaban J connectivity index is 1.95. The first kappa shape index (κ1) is 13.5. The van der Waals surface area contributed by atoms with Gasteiger partial charge >= 0.3 is 0 Å². The molecule has 3 nitrogen and oxygen atoms in total. The van der Waals surface area contributed by atoms with E-state index in [0.29, 0.717) is 6.42 Å². The standard InChI is InChI=1S/C19H19NO2/c1-12-7-6-10-14-16(12)15-11-19(2,22)17(14)18(21)20(15)13-8-4-3-5-9-13/h3-10,15,17,22H,11H2,1-2H3/t15-,17+,19-/m1/s1. The number of carbonyl (C=O) groups is 1. The SMILES string of the molecule is Cc1cccc2c1[C@H]1C[C@@](C)(O)[C@@H]2C(=O)N1c1ccccc1. The molecule has 3 atom stereocenters. The second-order valence-corrected chi connectivity index (χ2v) is 6.63. The smallest absolute Gasteiger partial charge is 0.238 e. The number of para-hydroxylation sites is 1. The van der Waals surface area contributed by atoms with Crippen molar-refractivity contribution in [3.8, 4) is 0 Å². The summed E-state index contributed by atoms with van der Waals surface area (Å²) in [5.74, 6) is -0.474. The molecule has 3 heteroatoms. The summed E-state index contributed by atoms with van der Waals surface area (Å²) in [7, 11) is 0. The molecule has 3 aliphatic rings. The van der Waals surface area contributed by atoms with E-state index in [0.717, 1.165) is 11.3 Å². The van der Waals surface area contributed by atoms with E-state index in [4.69, 9.17) is 0 Å². The van der Waals surface area contributed by atoms with E-state index in [1.807, 2.05) is 47.4 Å². The second kappa shape index (κ2) is 4.43. The van der Waals surface area contributed by atoms with Gasteiger partial charge < -0.3 is 10.0 Å². The zero-order chi connectivity index (χ0) is 15.5. The number of fused-ring (bicyclic) bond motifs is 2. The summed E-state index contributed by atoms with van der Waals surface area (Å²) in [5.41, 5.74) is 3.33. The van der Waals surface area contributed by atoms with Crippen LogP contribution in [0.15, 0.2) is 48.5 Å². The van der Waals surface area contributed by atoms with Crippen molar-refractivity contribution in [1.82, 2.24) is 0 Å². The topological polar surface area (TPSA) is 40.5 Å². The minimum absolute atomic E-state index is 0.00514. The van der Waals surface area contributed by atoms with Gasteiger partial charge in [0.2, 0.25) is 5.91 Å². The Morgan fingerprint density at radius 1 is 1.14 bits per heavy atom. The van der Waals surface area contributed by atoms with Gasteiger partial charge in [0.15, 0.2) is 0 Å². The predicted molar refractivity (Wildman–Crippen MR) is 85.8 cm³/mol. The van der Waals surface area contributed by atoms with Crippen molar-refractivity contribution in [3.63, 3.8) is 0 Å². The van der Waals surface area contributed by atoms with E-state index >= 15 is 0 Å². The van der Waals surface area contributed by atoms with Crippen molar-refractivity contribution in [2.24, 2.45) is 0 Å². The first-order valence-electron chi connectivity index (χ1n) is 7.70. The van der Waals surface area contributed by atoms with Gasteiger partial charge in [-0.2, -0.15) is 0 Å². The molecule has 1 saturated heterocycles. The van der Waals surface area contributed by atoms with E-state index in [9.17, 15) is 9.90 Å². The minimum atomic E-state index is -0.978. The lowest BCUT2D eigenvalue weighted by molar-refractivity contribution is -0.132. The van der Waals surface area contributed by atoms with Gasteiger partial charge in [-0.3, -0.25) is 4.79 Å². The molecular formula is C19H19NO2. The normalized spacial score (nSPS) is 29.6. The Morgan fingerprint density at radius 3 is 2.59 bits per heavy atom. The fourth-order valence-corrected chi connectivity index (χ4v) is 4.16. The molecule has 2 heterocycles. The molecule has 0 aromatic heterocycles. The van der Waals surface area contributed by atoms with Crippen molar-refractivity contribution in [2.75, 3.05) is 4.90 Å². The number of amides is 1. The summed E-state index contributed by atoms with van der Waals surface area (Å²) in [6.07, 6.45) is 0.580. The summed E-state index contributed by atoms with van der Waals surface area (Å²) in [6, 6.07) is 15.7. The Morgan fingerprint density at radius 2 is 1.86 bits per heavy atom. The largest absolute Gasteiger partial charge is 0.389 e. The highest BCUT2D eigenvalue weighted by molar-refractivity contribution is 6.03. The van der Waals surface area contributed by atoms with Crippen molar-refractivity contribution >= 4 is 11.6 Å². The monoisotopic (exact) mass is 293 g/mol. The molecule has 1 aliphatic carbocycles. The Hall–Kier alpha value is -2.13. The second-order valence-electron chi connectivity index (χ2n) is 6.63. The molecule has 2 aromatic rings. The molecule has 1 amide bonds. The molecule has 0 radical (unpaired) electrons. The van der Waals surface area contributed by atoms with Crippen LogP contribution in [-0.2, 0) is 4.79 Å². The third-order valence-corrected chi connectivity index (χ3v) is 5.06. The van der Waals surface area contributed by atoms with E-state index in [1.54, 1.807) is 6.92 Å². The number of rotatable bonds is 1. The van der Waals surface area contributed by atoms with E-state index < -0.39 is 11.5 Å².